The smallest absolute Gasteiger partial charge is 0.170 e. The fourth-order valence-electron chi connectivity index (χ4n) is 3.48. The minimum Gasteiger partial charge on any atom is -0.349 e. The van der Waals surface area contributed by atoms with Gasteiger partial charge in [0.1, 0.15) is 0 Å². The Labute approximate surface area is 120 Å². The third-order valence-corrected chi connectivity index (χ3v) is 4.53. The molecule has 2 aliphatic rings. The van der Waals surface area contributed by atoms with Crippen molar-refractivity contribution in [2.24, 2.45) is 0 Å². The molecule has 2 aliphatic heterocycles. The molecule has 1 aromatic heterocycles. The number of hydrogen-bond donors (Lipinski definition) is 1. The van der Waals surface area contributed by atoms with Gasteiger partial charge in [-0.3, -0.25) is 4.90 Å². The van der Waals surface area contributed by atoms with Crippen molar-refractivity contribution < 1.29 is 4.39 Å². The molecule has 3 heterocycles. The highest BCUT2D eigenvalue weighted by atomic mass is 19.1. The average molecular weight is 278 g/mol. The molecular weight excluding hydrogens is 255 g/mol. The molecule has 4 nitrogen and oxygen atoms in total. The number of rotatable bonds is 3. The van der Waals surface area contributed by atoms with Gasteiger partial charge in [-0.2, -0.15) is 0 Å². The minimum atomic E-state index is -0.167. The normalized spacial score (nSPS) is 26.9. The fourth-order valence-corrected chi connectivity index (χ4v) is 3.48. The van der Waals surface area contributed by atoms with Crippen LogP contribution >= 0.6 is 0 Å². The summed E-state index contributed by atoms with van der Waals surface area (Å²) < 4.78 is 14.6. The van der Waals surface area contributed by atoms with Gasteiger partial charge in [0.25, 0.3) is 0 Å². The fraction of sp³-hybridized carbons (Fsp3) is 0.667. The lowest BCUT2D eigenvalue weighted by Crippen LogP contribution is -2.55. The molecule has 0 radical (unpaired) electrons. The zero-order chi connectivity index (χ0) is 14.1. The van der Waals surface area contributed by atoms with E-state index in [0.717, 1.165) is 13.1 Å². The second-order valence-corrected chi connectivity index (χ2v) is 5.93. The van der Waals surface area contributed by atoms with Crippen LogP contribution in [0.25, 0.3) is 0 Å². The van der Waals surface area contributed by atoms with Crippen LogP contribution in [0.4, 0.5) is 10.2 Å². The largest absolute Gasteiger partial charge is 0.349 e. The van der Waals surface area contributed by atoms with E-state index in [4.69, 9.17) is 0 Å². The van der Waals surface area contributed by atoms with E-state index < -0.39 is 0 Å². The summed E-state index contributed by atoms with van der Waals surface area (Å²) in [6, 6.07) is 2.64. The van der Waals surface area contributed by atoms with Crippen molar-refractivity contribution in [1.29, 1.82) is 0 Å². The van der Waals surface area contributed by atoms with Crippen LogP contribution in [0.1, 0.15) is 25.3 Å². The Balaban J connectivity index is 1.86. The molecule has 0 aromatic carbocycles. The summed E-state index contributed by atoms with van der Waals surface area (Å²) in [6.07, 6.45) is 4.21. The lowest BCUT2D eigenvalue weighted by atomic mass is 10.1. The van der Waals surface area contributed by atoms with Crippen LogP contribution in [0.2, 0.25) is 0 Å². The number of nitrogens with one attached hydrogen (secondary N) is 1. The molecule has 2 fully saturated rings. The molecule has 2 saturated heterocycles. The molecule has 5 heteroatoms. The van der Waals surface area contributed by atoms with E-state index >= 15 is 0 Å². The first kappa shape index (κ1) is 13.8. The molecule has 0 aliphatic carbocycles. The second-order valence-electron chi connectivity index (χ2n) is 5.93. The Morgan fingerprint density at radius 2 is 2.30 bits per heavy atom. The minimum absolute atomic E-state index is 0.167. The van der Waals surface area contributed by atoms with E-state index in [-0.39, 0.29) is 5.82 Å². The Kier molecular flexibility index (Phi) is 3.89. The summed E-state index contributed by atoms with van der Waals surface area (Å²) in [5.74, 6) is 0.358. The number of fused-ring (bicyclic) bond motifs is 1. The predicted octanol–water partition coefficient (Wildman–Crippen LogP) is 1.61. The molecule has 3 rings (SSSR count). The molecule has 0 saturated carbocycles. The van der Waals surface area contributed by atoms with E-state index in [1.165, 1.54) is 19.4 Å². The Morgan fingerprint density at radius 3 is 3.10 bits per heavy atom. The highest BCUT2D eigenvalue weighted by Gasteiger charge is 2.35. The molecule has 2 unspecified atom stereocenters. The summed E-state index contributed by atoms with van der Waals surface area (Å²) in [5.41, 5.74) is 0.693. The van der Waals surface area contributed by atoms with Crippen molar-refractivity contribution in [2.45, 2.75) is 38.4 Å². The summed E-state index contributed by atoms with van der Waals surface area (Å²) >= 11 is 0. The molecule has 1 N–H and O–H groups in total. The van der Waals surface area contributed by atoms with Gasteiger partial charge in [0, 0.05) is 43.5 Å². The highest BCUT2D eigenvalue weighted by molar-refractivity contribution is 5.45. The summed E-state index contributed by atoms with van der Waals surface area (Å²) in [5, 5.41) is 3.01. The van der Waals surface area contributed by atoms with Crippen LogP contribution in [0.15, 0.2) is 12.3 Å². The number of nitrogens with zero attached hydrogens (tertiary/aromatic N) is 3. The van der Waals surface area contributed by atoms with E-state index in [9.17, 15) is 4.39 Å². The van der Waals surface area contributed by atoms with Gasteiger partial charge in [-0.15, -0.1) is 0 Å². The SMILES string of the molecule is CNCc1ccnc(N2CC3CCCN3CC2C)c1F. The first-order chi connectivity index (χ1) is 9.70. The van der Waals surface area contributed by atoms with Crippen LogP contribution in [0.5, 0.6) is 0 Å². The predicted molar refractivity (Wildman–Crippen MR) is 78.4 cm³/mol. The molecule has 0 bridgehead atoms. The number of aromatic nitrogens is 1. The first-order valence-electron chi connectivity index (χ1n) is 7.49. The van der Waals surface area contributed by atoms with Gasteiger partial charge in [-0.25, -0.2) is 9.37 Å². The van der Waals surface area contributed by atoms with E-state index in [1.54, 1.807) is 12.3 Å². The van der Waals surface area contributed by atoms with Crippen molar-refractivity contribution in [3.8, 4) is 0 Å². The van der Waals surface area contributed by atoms with Gasteiger partial charge in [0.05, 0.1) is 0 Å². The quantitative estimate of drug-likeness (QED) is 0.910. The zero-order valence-corrected chi connectivity index (χ0v) is 12.3. The van der Waals surface area contributed by atoms with Crippen molar-refractivity contribution in [2.75, 3.05) is 31.6 Å². The lowest BCUT2D eigenvalue weighted by Gasteiger charge is -2.43. The first-order valence-corrected chi connectivity index (χ1v) is 7.49. The van der Waals surface area contributed by atoms with Gasteiger partial charge in [-0.1, -0.05) is 0 Å². The second kappa shape index (κ2) is 5.66. The monoisotopic (exact) mass is 278 g/mol. The van der Waals surface area contributed by atoms with Crippen LogP contribution in [0, 0.1) is 5.82 Å². The van der Waals surface area contributed by atoms with Gasteiger partial charge < -0.3 is 10.2 Å². The van der Waals surface area contributed by atoms with Gasteiger partial charge in [0.15, 0.2) is 11.6 Å². The maximum atomic E-state index is 14.6. The maximum absolute atomic E-state index is 14.6. The van der Waals surface area contributed by atoms with Crippen molar-refractivity contribution >= 4 is 5.82 Å². The molecule has 2 atom stereocenters. The molecule has 1 aromatic rings. The van der Waals surface area contributed by atoms with Crippen molar-refractivity contribution in [3.05, 3.63) is 23.6 Å². The number of piperazine rings is 1. The molecule has 110 valence electrons. The van der Waals surface area contributed by atoms with Gasteiger partial charge in [0.2, 0.25) is 0 Å². The topological polar surface area (TPSA) is 31.4 Å². The lowest BCUT2D eigenvalue weighted by molar-refractivity contribution is 0.201. The molecule has 0 spiro atoms. The number of pyridine rings is 1. The number of halogens is 1. The Morgan fingerprint density at radius 1 is 1.45 bits per heavy atom. The number of hydrogen-bond acceptors (Lipinski definition) is 4. The van der Waals surface area contributed by atoms with Gasteiger partial charge in [-0.05, 0) is 39.4 Å². The standard InChI is InChI=1S/C15H23FN4/c1-11-9-19-7-3-4-13(19)10-20(11)15-14(16)12(8-17-2)5-6-18-15/h5-6,11,13,17H,3-4,7-10H2,1-2H3. The third kappa shape index (κ3) is 2.40. The van der Waals surface area contributed by atoms with Crippen LogP contribution in [0.3, 0.4) is 0 Å². The summed E-state index contributed by atoms with van der Waals surface area (Å²) in [4.78, 5) is 9.01. The zero-order valence-electron chi connectivity index (χ0n) is 12.3. The van der Waals surface area contributed by atoms with Crippen molar-refractivity contribution in [3.63, 3.8) is 0 Å². The number of anilines is 1. The van der Waals surface area contributed by atoms with Crippen molar-refractivity contribution in [1.82, 2.24) is 15.2 Å². The highest BCUT2D eigenvalue weighted by Crippen LogP contribution is 2.29. The Bertz CT molecular complexity index is 479. The van der Waals surface area contributed by atoms with Crippen LogP contribution in [-0.4, -0.2) is 48.6 Å². The molecule has 20 heavy (non-hydrogen) atoms. The molecule has 0 amide bonds. The summed E-state index contributed by atoms with van der Waals surface area (Å²) in [7, 11) is 1.83. The maximum Gasteiger partial charge on any atom is 0.170 e. The van der Waals surface area contributed by atoms with E-state index in [2.05, 4.69) is 27.0 Å². The van der Waals surface area contributed by atoms with Crippen LogP contribution < -0.4 is 10.2 Å². The van der Waals surface area contributed by atoms with Gasteiger partial charge >= 0.3 is 0 Å². The van der Waals surface area contributed by atoms with E-state index in [0.29, 0.717) is 30.0 Å². The Hall–Kier alpha value is -1.20. The van der Waals surface area contributed by atoms with E-state index in [1.807, 2.05) is 7.05 Å². The molecular formula is C15H23FN4. The average Bonchev–Trinajstić information content (AvgIpc) is 2.88. The van der Waals surface area contributed by atoms with Crippen LogP contribution in [-0.2, 0) is 6.54 Å². The summed E-state index contributed by atoms with van der Waals surface area (Å²) in [6.45, 7) is 5.81. The third-order valence-electron chi connectivity index (χ3n) is 4.53.